The van der Waals surface area contributed by atoms with Crippen LogP contribution in [-0.4, -0.2) is 23.4 Å². The molecule has 0 amide bonds. The lowest BCUT2D eigenvalue weighted by atomic mass is 9.96. The second-order valence-corrected chi connectivity index (χ2v) is 5.81. The van der Waals surface area contributed by atoms with Crippen LogP contribution in [0.1, 0.15) is 30.5 Å². The molecule has 1 N–H and O–H groups in total. The van der Waals surface area contributed by atoms with E-state index in [0.29, 0.717) is 6.42 Å². The summed E-state index contributed by atoms with van der Waals surface area (Å²) in [4.78, 5) is 2.26. The fraction of sp³-hybridized carbons (Fsp3) is 0.294. The Labute approximate surface area is 137 Å². The summed E-state index contributed by atoms with van der Waals surface area (Å²) in [5.41, 5.74) is 3.51. The number of nitrogens with one attached hydrogen (secondary N) is 1. The van der Waals surface area contributed by atoms with Gasteiger partial charge >= 0.3 is 6.43 Å². The van der Waals surface area contributed by atoms with Crippen LogP contribution in [0, 0.1) is 0 Å². The molecule has 2 aliphatic rings. The number of benzene rings is 1. The highest BCUT2D eigenvalue weighted by molar-refractivity contribution is 5.75. The molecule has 2 heterocycles. The molecule has 1 atom stereocenters. The van der Waals surface area contributed by atoms with Gasteiger partial charge in [0.2, 0.25) is 5.89 Å². The van der Waals surface area contributed by atoms with E-state index in [9.17, 15) is 8.78 Å². The Hall–Kier alpha value is -2.70. The molecular weight excluding hydrogens is 314 g/mol. The zero-order valence-electron chi connectivity index (χ0n) is 12.8. The lowest BCUT2D eigenvalue weighted by Crippen LogP contribution is -2.25. The van der Waals surface area contributed by atoms with Crippen LogP contribution in [0.25, 0.3) is 0 Å². The summed E-state index contributed by atoms with van der Waals surface area (Å²) in [7, 11) is 0. The minimum absolute atomic E-state index is 0.141. The molecule has 0 radical (unpaired) electrons. The van der Waals surface area contributed by atoms with Crippen molar-refractivity contribution in [3.05, 3.63) is 59.8 Å². The Kier molecular flexibility index (Phi) is 3.76. The number of hydrogen-bond donors (Lipinski definition) is 1. The molecule has 0 fully saturated rings. The molecule has 4 rings (SSSR count). The predicted octanol–water partition coefficient (Wildman–Crippen LogP) is 3.87. The maximum absolute atomic E-state index is 12.5. The third kappa shape index (κ3) is 2.77. The van der Waals surface area contributed by atoms with Crippen LogP contribution in [0.4, 0.5) is 20.2 Å². The van der Waals surface area contributed by atoms with Gasteiger partial charge in [-0.15, -0.1) is 10.2 Å². The number of aromatic nitrogens is 2. The third-order valence-electron chi connectivity index (χ3n) is 4.22. The number of rotatable bonds is 4. The first-order chi connectivity index (χ1) is 11.7. The van der Waals surface area contributed by atoms with Crippen molar-refractivity contribution in [2.45, 2.75) is 18.8 Å². The number of alkyl halides is 2. The summed E-state index contributed by atoms with van der Waals surface area (Å²) in [5, 5.41) is 10.5. The highest BCUT2D eigenvalue weighted by Crippen LogP contribution is 2.33. The van der Waals surface area contributed by atoms with Crippen LogP contribution in [0.5, 0.6) is 0 Å². The Balaban J connectivity index is 1.41. The molecule has 7 heteroatoms. The van der Waals surface area contributed by atoms with Crippen molar-refractivity contribution in [2.24, 2.45) is 0 Å². The average molecular weight is 330 g/mol. The van der Waals surface area contributed by atoms with Gasteiger partial charge in [-0.1, -0.05) is 30.4 Å². The monoisotopic (exact) mass is 330 g/mol. The molecule has 1 aromatic heterocycles. The second-order valence-electron chi connectivity index (χ2n) is 5.81. The summed E-state index contributed by atoms with van der Waals surface area (Å²) < 4.78 is 30.1. The Bertz CT molecular complexity index is 799. The minimum Gasteiger partial charge on any atom is -0.419 e. The molecule has 124 valence electrons. The SMILES string of the molecule is FC(F)c1nnc(C2C=CC(CN3CNc4ccccc43)=CC2)o1. The maximum Gasteiger partial charge on any atom is 0.314 e. The van der Waals surface area contributed by atoms with E-state index in [1.165, 1.54) is 11.3 Å². The molecule has 1 aliphatic carbocycles. The molecule has 2 aromatic rings. The predicted molar refractivity (Wildman–Crippen MR) is 86.1 cm³/mol. The van der Waals surface area contributed by atoms with Gasteiger partial charge in [0.05, 0.1) is 24.0 Å². The minimum atomic E-state index is -2.73. The van der Waals surface area contributed by atoms with Gasteiger partial charge in [0.1, 0.15) is 0 Å². The van der Waals surface area contributed by atoms with E-state index in [1.54, 1.807) is 0 Å². The van der Waals surface area contributed by atoms with Gasteiger partial charge in [0.15, 0.2) is 0 Å². The van der Waals surface area contributed by atoms with Gasteiger partial charge in [-0.2, -0.15) is 8.78 Å². The van der Waals surface area contributed by atoms with Crippen molar-refractivity contribution in [1.82, 2.24) is 10.2 Å². The molecule has 0 bridgehead atoms. The summed E-state index contributed by atoms with van der Waals surface area (Å²) >= 11 is 0. The van der Waals surface area contributed by atoms with E-state index in [0.717, 1.165) is 18.9 Å². The third-order valence-corrected chi connectivity index (χ3v) is 4.22. The lowest BCUT2D eigenvalue weighted by Gasteiger charge is -2.21. The van der Waals surface area contributed by atoms with E-state index in [1.807, 2.05) is 24.3 Å². The summed E-state index contributed by atoms with van der Waals surface area (Å²) in [6.07, 6.45) is 3.97. The number of allylic oxidation sites excluding steroid dienone is 2. The van der Waals surface area contributed by atoms with Crippen molar-refractivity contribution < 1.29 is 13.2 Å². The van der Waals surface area contributed by atoms with Gasteiger partial charge in [0, 0.05) is 6.54 Å². The number of fused-ring (bicyclic) bond motifs is 1. The smallest absolute Gasteiger partial charge is 0.314 e. The van der Waals surface area contributed by atoms with Gasteiger partial charge in [-0.05, 0) is 24.1 Å². The van der Waals surface area contributed by atoms with Crippen molar-refractivity contribution in [3.8, 4) is 0 Å². The van der Waals surface area contributed by atoms with Crippen LogP contribution in [-0.2, 0) is 0 Å². The van der Waals surface area contributed by atoms with E-state index >= 15 is 0 Å². The molecule has 1 aliphatic heterocycles. The fourth-order valence-corrected chi connectivity index (χ4v) is 2.98. The van der Waals surface area contributed by atoms with E-state index in [4.69, 9.17) is 4.42 Å². The number of halogens is 2. The highest BCUT2D eigenvalue weighted by atomic mass is 19.3. The van der Waals surface area contributed by atoms with Crippen LogP contribution in [0.15, 0.2) is 52.5 Å². The molecule has 0 saturated heterocycles. The fourth-order valence-electron chi connectivity index (χ4n) is 2.98. The van der Waals surface area contributed by atoms with Crippen molar-refractivity contribution in [3.63, 3.8) is 0 Å². The number of nitrogens with zero attached hydrogens (tertiary/aromatic N) is 3. The molecule has 0 spiro atoms. The van der Waals surface area contributed by atoms with E-state index in [2.05, 4.69) is 38.6 Å². The Morgan fingerprint density at radius 2 is 2.17 bits per heavy atom. The summed E-state index contributed by atoms with van der Waals surface area (Å²) in [6, 6.07) is 8.19. The van der Waals surface area contributed by atoms with Crippen LogP contribution in [0.2, 0.25) is 0 Å². The van der Waals surface area contributed by atoms with Crippen LogP contribution < -0.4 is 10.2 Å². The quantitative estimate of drug-likeness (QED) is 0.922. The molecule has 24 heavy (non-hydrogen) atoms. The molecule has 5 nitrogen and oxygen atoms in total. The van der Waals surface area contributed by atoms with E-state index in [-0.39, 0.29) is 11.8 Å². The Morgan fingerprint density at radius 3 is 2.92 bits per heavy atom. The molecular formula is C17H16F2N4O. The first-order valence-corrected chi connectivity index (χ1v) is 7.77. The van der Waals surface area contributed by atoms with Crippen molar-refractivity contribution in [1.29, 1.82) is 0 Å². The van der Waals surface area contributed by atoms with Gasteiger partial charge in [-0.25, -0.2) is 0 Å². The van der Waals surface area contributed by atoms with Crippen molar-refractivity contribution >= 4 is 11.4 Å². The molecule has 1 unspecified atom stereocenters. The topological polar surface area (TPSA) is 54.2 Å². The van der Waals surface area contributed by atoms with Gasteiger partial charge in [-0.3, -0.25) is 0 Å². The van der Waals surface area contributed by atoms with Gasteiger partial charge < -0.3 is 14.6 Å². The summed E-state index contributed by atoms with van der Waals surface area (Å²) in [5.74, 6) is -0.518. The van der Waals surface area contributed by atoms with E-state index < -0.39 is 12.3 Å². The van der Waals surface area contributed by atoms with Crippen molar-refractivity contribution in [2.75, 3.05) is 23.4 Å². The van der Waals surface area contributed by atoms with Crippen LogP contribution in [0.3, 0.4) is 0 Å². The number of anilines is 2. The second kappa shape index (κ2) is 6.07. The first kappa shape index (κ1) is 14.9. The Morgan fingerprint density at radius 1 is 1.29 bits per heavy atom. The standard InChI is InChI=1S/C17H16F2N4O/c18-15(19)17-22-21-16(24-17)12-7-5-11(6-8-12)9-23-10-20-13-3-1-2-4-14(13)23/h1-7,12,15,20H,8-10H2. The highest BCUT2D eigenvalue weighted by Gasteiger charge is 2.23. The number of para-hydroxylation sites is 2. The molecule has 1 aromatic carbocycles. The average Bonchev–Trinajstić information content (AvgIpc) is 3.24. The van der Waals surface area contributed by atoms with Crippen LogP contribution >= 0.6 is 0 Å². The first-order valence-electron chi connectivity index (χ1n) is 7.77. The summed E-state index contributed by atoms with van der Waals surface area (Å²) in [6.45, 7) is 1.56. The van der Waals surface area contributed by atoms with Gasteiger partial charge in [0.25, 0.3) is 5.89 Å². The normalized spacial score (nSPS) is 19.4. The zero-order chi connectivity index (χ0) is 16.5. The largest absolute Gasteiger partial charge is 0.419 e. The molecule has 0 saturated carbocycles. The lowest BCUT2D eigenvalue weighted by molar-refractivity contribution is 0.113. The number of hydrogen-bond acceptors (Lipinski definition) is 5. The maximum atomic E-state index is 12.5. The zero-order valence-corrected chi connectivity index (χ0v) is 12.8.